The highest BCUT2D eigenvalue weighted by Crippen LogP contribution is 2.18. The predicted molar refractivity (Wildman–Crippen MR) is 85.2 cm³/mol. The maximum Gasteiger partial charge on any atom is 0.169 e. The van der Waals surface area contributed by atoms with Crippen molar-refractivity contribution in [2.24, 2.45) is 5.92 Å². The Bertz CT molecular complexity index is 699. The Hall–Kier alpha value is -2.32. The molecule has 0 unspecified atom stereocenters. The lowest BCUT2D eigenvalue weighted by Crippen LogP contribution is -3.13. The number of benzene rings is 1. The lowest BCUT2D eigenvalue weighted by Gasteiger charge is -2.27. The molecular weight excluding hydrogens is 276 g/mol. The number of quaternary nitrogens is 1. The SMILES string of the molecule is CC1CC[NH+](C/C(O)=C(\C#N)c2nc3ccccc3[nH]2)CC1. The van der Waals surface area contributed by atoms with Crippen LogP contribution in [0.1, 0.15) is 25.6 Å². The first kappa shape index (κ1) is 14.6. The molecule has 1 fully saturated rings. The first-order valence-corrected chi connectivity index (χ1v) is 7.78. The maximum atomic E-state index is 10.4. The van der Waals surface area contributed by atoms with Crippen LogP contribution in [-0.4, -0.2) is 34.7 Å². The third-order valence-electron chi connectivity index (χ3n) is 4.43. The van der Waals surface area contributed by atoms with Gasteiger partial charge in [0.25, 0.3) is 0 Å². The summed E-state index contributed by atoms with van der Waals surface area (Å²) >= 11 is 0. The highest BCUT2D eigenvalue weighted by Gasteiger charge is 2.22. The molecule has 1 aromatic carbocycles. The number of aliphatic hydroxyl groups excluding tert-OH is 1. The highest BCUT2D eigenvalue weighted by atomic mass is 16.3. The Kier molecular flexibility index (Phi) is 4.12. The molecule has 0 radical (unpaired) electrons. The maximum absolute atomic E-state index is 10.4. The van der Waals surface area contributed by atoms with E-state index in [-0.39, 0.29) is 11.3 Å². The number of nitrogens with zero attached hydrogens (tertiary/aromatic N) is 2. The molecule has 1 aliphatic heterocycles. The third-order valence-corrected chi connectivity index (χ3v) is 4.43. The molecule has 5 heteroatoms. The molecule has 0 spiro atoms. The monoisotopic (exact) mass is 297 g/mol. The summed E-state index contributed by atoms with van der Waals surface area (Å²) in [5.74, 6) is 1.35. The number of rotatable bonds is 3. The molecule has 1 saturated heterocycles. The van der Waals surface area contributed by atoms with Gasteiger partial charge in [0.1, 0.15) is 18.2 Å². The second kappa shape index (κ2) is 6.20. The Morgan fingerprint density at radius 3 is 2.82 bits per heavy atom. The summed E-state index contributed by atoms with van der Waals surface area (Å²) in [6.07, 6.45) is 2.35. The van der Waals surface area contributed by atoms with Crippen LogP contribution in [0.2, 0.25) is 0 Å². The van der Waals surface area contributed by atoms with Crippen LogP contribution >= 0.6 is 0 Å². The summed E-state index contributed by atoms with van der Waals surface area (Å²) in [6, 6.07) is 9.72. The van der Waals surface area contributed by atoms with E-state index in [1.165, 1.54) is 17.7 Å². The molecule has 1 aliphatic rings. The molecule has 0 amide bonds. The zero-order valence-electron chi connectivity index (χ0n) is 12.8. The van der Waals surface area contributed by atoms with E-state index in [4.69, 9.17) is 0 Å². The van der Waals surface area contributed by atoms with Crippen molar-refractivity contribution >= 4 is 16.6 Å². The van der Waals surface area contributed by atoms with Gasteiger partial charge in [0.15, 0.2) is 11.6 Å². The molecule has 3 N–H and O–H groups in total. The van der Waals surface area contributed by atoms with Crippen molar-refractivity contribution in [3.8, 4) is 6.07 Å². The van der Waals surface area contributed by atoms with Gasteiger partial charge in [-0.05, 0) is 30.9 Å². The van der Waals surface area contributed by atoms with E-state index >= 15 is 0 Å². The van der Waals surface area contributed by atoms with Crippen LogP contribution in [-0.2, 0) is 0 Å². The van der Waals surface area contributed by atoms with Gasteiger partial charge in [0.2, 0.25) is 0 Å². The van der Waals surface area contributed by atoms with Gasteiger partial charge in [-0.15, -0.1) is 0 Å². The normalized spacial score (nSPS) is 23.1. The fraction of sp³-hybridized carbons (Fsp3) is 0.412. The number of aliphatic hydroxyl groups is 1. The smallest absolute Gasteiger partial charge is 0.169 e. The Morgan fingerprint density at radius 2 is 2.14 bits per heavy atom. The van der Waals surface area contributed by atoms with Gasteiger partial charge in [0.05, 0.1) is 24.1 Å². The Balaban J connectivity index is 1.83. The minimum absolute atomic E-state index is 0.131. The van der Waals surface area contributed by atoms with E-state index in [1.807, 2.05) is 24.3 Å². The average Bonchev–Trinajstić information content (AvgIpc) is 2.94. The number of nitrogens with one attached hydrogen (secondary N) is 2. The van der Waals surface area contributed by atoms with Gasteiger partial charge in [-0.2, -0.15) is 5.26 Å². The van der Waals surface area contributed by atoms with Crippen LogP contribution in [0.4, 0.5) is 0 Å². The van der Waals surface area contributed by atoms with Crippen molar-refractivity contribution in [2.75, 3.05) is 19.6 Å². The van der Waals surface area contributed by atoms with Crippen molar-refractivity contribution in [3.05, 3.63) is 35.8 Å². The van der Waals surface area contributed by atoms with Crippen molar-refractivity contribution in [1.82, 2.24) is 9.97 Å². The lowest BCUT2D eigenvalue weighted by molar-refractivity contribution is -0.902. The number of para-hydroxylation sites is 2. The molecule has 2 heterocycles. The van der Waals surface area contributed by atoms with Gasteiger partial charge >= 0.3 is 0 Å². The second-order valence-electron chi connectivity index (χ2n) is 6.15. The number of H-pyrrole nitrogens is 1. The summed E-state index contributed by atoms with van der Waals surface area (Å²) in [6.45, 7) is 4.85. The largest absolute Gasteiger partial charge is 0.506 e. The van der Waals surface area contributed by atoms with Crippen LogP contribution in [0.25, 0.3) is 16.6 Å². The molecule has 3 rings (SSSR count). The molecule has 1 aromatic heterocycles. The predicted octanol–water partition coefficient (Wildman–Crippen LogP) is 1.67. The van der Waals surface area contributed by atoms with Gasteiger partial charge in [0, 0.05) is 0 Å². The summed E-state index contributed by atoms with van der Waals surface area (Å²) in [5.41, 5.74) is 1.93. The van der Waals surface area contributed by atoms with Crippen molar-refractivity contribution in [3.63, 3.8) is 0 Å². The fourth-order valence-corrected chi connectivity index (χ4v) is 3.00. The second-order valence-corrected chi connectivity index (χ2v) is 6.15. The first-order chi connectivity index (χ1) is 10.7. The third kappa shape index (κ3) is 2.97. The summed E-state index contributed by atoms with van der Waals surface area (Å²) in [4.78, 5) is 8.85. The minimum Gasteiger partial charge on any atom is -0.506 e. The van der Waals surface area contributed by atoms with Crippen LogP contribution in [0.3, 0.4) is 0 Å². The van der Waals surface area contributed by atoms with E-state index in [2.05, 4.69) is 23.0 Å². The van der Waals surface area contributed by atoms with Crippen molar-refractivity contribution in [2.45, 2.75) is 19.8 Å². The van der Waals surface area contributed by atoms with E-state index in [1.54, 1.807) is 0 Å². The van der Waals surface area contributed by atoms with Crippen LogP contribution < -0.4 is 4.90 Å². The topological polar surface area (TPSA) is 77.1 Å². The van der Waals surface area contributed by atoms with Crippen molar-refractivity contribution < 1.29 is 10.0 Å². The number of hydrogen-bond acceptors (Lipinski definition) is 3. The number of piperidine rings is 1. The number of fused-ring (bicyclic) bond motifs is 1. The molecule has 22 heavy (non-hydrogen) atoms. The van der Waals surface area contributed by atoms with Crippen molar-refractivity contribution in [1.29, 1.82) is 5.26 Å². The highest BCUT2D eigenvalue weighted by molar-refractivity contribution is 5.82. The number of hydrogen-bond donors (Lipinski definition) is 3. The quantitative estimate of drug-likeness (QED) is 0.596. The summed E-state index contributed by atoms with van der Waals surface area (Å²) in [7, 11) is 0. The summed E-state index contributed by atoms with van der Waals surface area (Å²) in [5, 5.41) is 19.8. The zero-order valence-corrected chi connectivity index (χ0v) is 12.8. The zero-order chi connectivity index (χ0) is 15.5. The van der Waals surface area contributed by atoms with Crippen LogP contribution in [0, 0.1) is 17.2 Å². The molecule has 114 valence electrons. The fourth-order valence-electron chi connectivity index (χ4n) is 3.00. The van der Waals surface area contributed by atoms with E-state index in [0.29, 0.717) is 12.4 Å². The number of nitriles is 1. The molecule has 5 nitrogen and oxygen atoms in total. The lowest BCUT2D eigenvalue weighted by atomic mass is 9.99. The number of allylic oxidation sites excluding steroid dienone is 1. The molecular formula is C17H21N4O+. The number of aromatic amines is 1. The molecule has 2 aromatic rings. The number of aromatic nitrogens is 2. The van der Waals surface area contributed by atoms with E-state index in [9.17, 15) is 10.4 Å². The van der Waals surface area contributed by atoms with E-state index in [0.717, 1.165) is 30.0 Å². The van der Waals surface area contributed by atoms with Gasteiger partial charge in [-0.1, -0.05) is 19.1 Å². The van der Waals surface area contributed by atoms with Crippen LogP contribution in [0.5, 0.6) is 0 Å². The first-order valence-electron chi connectivity index (χ1n) is 7.78. The number of likely N-dealkylation sites (tertiary alicyclic amines) is 1. The van der Waals surface area contributed by atoms with Gasteiger partial charge in [-0.25, -0.2) is 4.98 Å². The molecule has 0 saturated carbocycles. The molecule has 0 atom stereocenters. The minimum atomic E-state index is 0.131. The van der Waals surface area contributed by atoms with Gasteiger partial charge < -0.3 is 15.0 Å². The molecule has 0 bridgehead atoms. The molecule has 0 aliphatic carbocycles. The van der Waals surface area contributed by atoms with Gasteiger partial charge in [-0.3, -0.25) is 0 Å². The summed E-state index contributed by atoms with van der Waals surface area (Å²) < 4.78 is 0. The Labute approximate surface area is 129 Å². The standard InChI is InChI=1S/C17H20N4O/c1-12-6-8-21(9-7-12)11-16(22)13(10-18)17-19-14-4-2-3-5-15(14)20-17/h2-5,12,22H,6-9,11H2,1H3,(H,19,20)/p+1/b16-13-. The Morgan fingerprint density at radius 1 is 1.41 bits per heavy atom. The average molecular weight is 297 g/mol. The number of imidazole rings is 1. The van der Waals surface area contributed by atoms with Crippen LogP contribution in [0.15, 0.2) is 30.0 Å². The van der Waals surface area contributed by atoms with E-state index < -0.39 is 0 Å².